The topological polar surface area (TPSA) is 38.9 Å². The molecule has 192 valence electrons. The Hall–Kier alpha value is -5.54. The van der Waals surface area contributed by atoms with E-state index < -0.39 is 0 Å². The van der Waals surface area contributed by atoms with E-state index in [1.165, 1.54) is 11.1 Å². The Kier molecular flexibility index (Phi) is 5.46. The highest BCUT2D eigenvalue weighted by atomic mass is 16.3. The largest absolute Gasteiger partial charge is 0.455 e. The molecule has 0 N–H and O–H groups in total. The van der Waals surface area contributed by atoms with Crippen LogP contribution in [-0.2, 0) is 0 Å². The zero-order valence-electron chi connectivity index (χ0n) is 22.2. The van der Waals surface area contributed by atoms with Crippen LogP contribution in [0.15, 0.2) is 150 Å². The number of rotatable bonds is 4. The molecule has 0 saturated carbocycles. The average Bonchev–Trinajstić information content (AvgIpc) is 3.45. The number of aromatic nitrogens is 2. The summed E-state index contributed by atoms with van der Waals surface area (Å²) >= 11 is 0. The minimum absolute atomic E-state index is 0.676. The van der Waals surface area contributed by atoms with E-state index >= 15 is 0 Å². The van der Waals surface area contributed by atoms with Crippen LogP contribution < -0.4 is 0 Å². The molecule has 2 aromatic heterocycles. The third-order valence-electron chi connectivity index (χ3n) is 7.71. The normalized spacial score (nSPS) is 11.4. The molecule has 0 aliphatic rings. The lowest BCUT2D eigenvalue weighted by atomic mass is 10.0. The minimum Gasteiger partial charge on any atom is -0.455 e. The van der Waals surface area contributed by atoms with Crippen molar-refractivity contribution in [3.8, 4) is 45.0 Å². The highest BCUT2D eigenvalue weighted by molar-refractivity contribution is 6.18. The second-order valence-electron chi connectivity index (χ2n) is 10.2. The molecule has 8 aromatic rings. The molecular weight excluding hydrogens is 500 g/mol. The number of nitrogens with zero attached hydrogens (tertiary/aromatic N) is 2. The van der Waals surface area contributed by atoms with Crippen molar-refractivity contribution in [3.63, 3.8) is 0 Å². The summed E-state index contributed by atoms with van der Waals surface area (Å²) in [6.07, 6.45) is 0. The lowest BCUT2D eigenvalue weighted by Gasteiger charge is -2.11. The standard InChI is InChI=1S/C38H24N2O/c1-3-10-25(11-4-1)26-18-20-29(21-19-26)34-24-33(28-13-5-2-6-14-28)39-38(40-34)32-16-9-17-35-36(32)31-23-22-27-12-7-8-15-30(27)37(31)41-35/h1-24H. The second-order valence-corrected chi connectivity index (χ2v) is 10.2. The Morgan fingerprint density at radius 2 is 1.05 bits per heavy atom. The molecule has 0 bridgehead atoms. The fraction of sp³-hybridized carbons (Fsp3) is 0. The molecule has 0 unspecified atom stereocenters. The van der Waals surface area contributed by atoms with Crippen molar-refractivity contribution in [3.05, 3.63) is 146 Å². The third-order valence-corrected chi connectivity index (χ3v) is 7.71. The van der Waals surface area contributed by atoms with Gasteiger partial charge in [0.05, 0.1) is 11.4 Å². The molecule has 6 aromatic carbocycles. The molecule has 0 aliphatic heterocycles. The average molecular weight is 525 g/mol. The van der Waals surface area contributed by atoms with Crippen molar-refractivity contribution >= 4 is 32.7 Å². The smallest absolute Gasteiger partial charge is 0.161 e. The highest BCUT2D eigenvalue weighted by Crippen LogP contribution is 2.39. The van der Waals surface area contributed by atoms with Gasteiger partial charge in [0.15, 0.2) is 5.82 Å². The van der Waals surface area contributed by atoms with Crippen molar-refractivity contribution in [2.24, 2.45) is 0 Å². The maximum absolute atomic E-state index is 6.46. The van der Waals surface area contributed by atoms with Crippen molar-refractivity contribution < 1.29 is 4.42 Å². The molecule has 8 rings (SSSR count). The fourth-order valence-electron chi connectivity index (χ4n) is 5.68. The van der Waals surface area contributed by atoms with Crippen LogP contribution in [0.3, 0.4) is 0 Å². The predicted octanol–water partition coefficient (Wildman–Crippen LogP) is 10.2. The van der Waals surface area contributed by atoms with E-state index in [1.54, 1.807) is 0 Å². The number of hydrogen-bond acceptors (Lipinski definition) is 3. The molecule has 41 heavy (non-hydrogen) atoms. The molecule has 0 amide bonds. The van der Waals surface area contributed by atoms with Gasteiger partial charge in [-0.05, 0) is 34.7 Å². The van der Waals surface area contributed by atoms with Crippen LogP contribution in [0.2, 0.25) is 0 Å². The van der Waals surface area contributed by atoms with Crippen LogP contribution >= 0.6 is 0 Å². The van der Waals surface area contributed by atoms with Gasteiger partial charge in [-0.2, -0.15) is 0 Å². The summed E-state index contributed by atoms with van der Waals surface area (Å²) < 4.78 is 6.46. The van der Waals surface area contributed by atoms with Gasteiger partial charge in [0.1, 0.15) is 11.2 Å². The Bertz CT molecular complexity index is 2180. The van der Waals surface area contributed by atoms with Gasteiger partial charge in [0.2, 0.25) is 0 Å². The van der Waals surface area contributed by atoms with Crippen molar-refractivity contribution in [2.75, 3.05) is 0 Å². The Morgan fingerprint density at radius 1 is 0.439 bits per heavy atom. The van der Waals surface area contributed by atoms with Crippen LogP contribution in [-0.4, -0.2) is 9.97 Å². The molecule has 0 aliphatic carbocycles. The van der Waals surface area contributed by atoms with E-state index in [1.807, 2.05) is 36.4 Å². The van der Waals surface area contributed by atoms with E-state index in [-0.39, 0.29) is 0 Å². The van der Waals surface area contributed by atoms with Crippen LogP contribution in [0, 0.1) is 0 Å². The molecule has 0 atom stereocenters. The second kappa shape index (κ2) is 9.58. The van der Waals surface area contributed by atoms with Crippen LogP contribution in [0.5, 0.6) is 0 Å². The molecule has 0 radical (unpaired) electrons. The van der Waals surface area contributed by atoms with Crippen LogP contribution in [0.4, 0.5) is 0 Å². The summed E-state index contributed by atoms with van der Waals surface area (Å²) in [6.45, 7) is 0. The molecule has 0 spiro atoms. The fourth-order valence-corrected chi connectivity index (χ4v) is 5.68. The van der Waals surface area contributed by atoms with Gasteiger partial charge >= 0.3 is 0 Å². The van der Waals surface area contributed by atoms with Gasteiger partial charge < -0.3 is 4.42 Å². The van der Waals surface area contributed by atoms with Crippen molar-refractivity contribution in [1.82, 2.24) is 9.97 Å². The maximum atomic E-state index is 6.46. The molecule has 3 heteroatoms. The number of hydrogen-bond donors (Lipinski definition) is 0. The Labute approximate surface area is 237 Å². The molecule has 0 saturated heterocycles. The van der Waals surface area contributed by atoms with Gasteiger partial charge in [-0.1, -0.05) is 127 Å². The summed E-state index contributed by atoms with van der Waals surface area (Å²) in [6, 6.07) is 50.2. The zero-order chi connectivity index (χ0) is 27.2. The molecular formula is C38H24N2O. The summed E-state index contributed by atoms with van der Waals surface area (Å²) in [5.41, 5.74) is 8.90. The Balaban J connectivity index is 1.34. The van der Waals surface area contributed by atoms with E-state index in [2.05, 4.69) is 109 Å². The van der Waals surface area contributed by atoms with Gasteiger partial charge in [-0.15, -0.1) is 0 Å². The van der Waals surface area contributed by atoms with E-state index in [0.717, 1.165) is 60.8 Å². The zero-order valence-corrected chi connectivity index (χ0v) is 22.2. The quantitative estimate of drug-likeness (QED) is 0.230. The van der Waals surface area contributed by atoms with Gasteiger partial charge in [0, 0.05) is 32.8 Å². The predicted molar refractivity (Wildman–Crippen MR) is 169 cm³/mol. The minimum atomic E-state index is 0.676. The summed E-state index contributed by atoms with van der Waals surface area (Å²) in [5, 5.41) is 4.36. The first-order valence-electron chi connectivity index (χ1n) is 13.8. The number of fused-ring (bicyclic) bond motifs is 5. The van der Waals surface area contributed by atoms with Crippen molar-refractivity contribution in [1.29, 1.82) is 0 Å². The summed E-state index contributed by atoms with van der Waals surface area (Å²) in [5.74, 6) is 0.676. The van der Waals surface area contributed by atoms with E-state index in [0.29, 0.717) is 5.82 Å². The first-order valence-corrected chi connectivity index (χ1v) is 13.8. The first kappa shape index (κ1) is 23.4. The van der Waals surface area contributed by atoms with Gasteiger partial charge in [0.25, 0.3) is 0 Å². The van der Waals surface area contributed by atoms with Crippen LogP contribution in [0.25, 0.3) is 77.7 Å². The highest BCUT2D eigenvalue weighted by Gasteiger charge is 2.18. The lowest BCUT2D eigenvalue weighted by molar-refractivity contribution is 0.672. The summed E-state index contributed by atoms with van der Waals surface area (Å²) in [4.78, 5) is 10.3. The molecule has 2 heterocycles. The SMILES string of the molecule is c1ccc(-c2ccc(-c3cc(-c4ccccc4)nc(-c4cccc5oc6c7ccccc7ccc6c45)n3)cc2)cc1. The van der Waals surface area contributed by atoms with Gasteiger partial charge in [-0.25, -0.2) is 9.97 Å². The van der Waals surface area contributed by atoms with Crippen LogP contribution in [0.1, 0.15) is 0 Å². The van der Waals surface area contributed by atoms with E-state index in [4.69, 9.17) is 14.4 Å². The molecule has 0 fully saturated rings. The van der Waals surface area contributed by atoms with Gasteiger partial charge in [-0.3, -0.25) is 0 Å². The number of benzene rings is 6. The Morgan fingerprint density at radius 3 is 1.80 bits per heavy atom. The first-order chi connectivity index (χ1) is 20.3. The lowest BCUT2D eigenvalue weighted by Crippen LogP contribution is -1.96. The van der Waals surface area contributed by atoms with Crippen molar-refractivity contribution in [2.45, 2.75) is 0 Å². The third kappa shape index (κ3) is 4.07. The van der Waals surface area contributed by atoms with E-state index in [9.17, 15) is 0 Å². The monoisotopic (exact) mass is 524 g/mol. The number of furan rings is 1. The maximum Gasteiger partial charge on any atom is 0.161 e. The summed E-state index contributed by atoms with van der Waals surface area (Å²) in [7, 11) is 0. The molecule has 3 nitrogen and oxygen atoms in total.